The fourth-order valence-corrected chi connectivity index (χ4v) is 3.09. The summed E-state index contributed by atoms with van der Waals surface area (Å²) in [5.74, 6) is -0.148. The zero-order valence-electron chi connectivity index (χ0n) is 16.6. The molecule has 0 aliphatic heterocycles. The zero-order valence-corrected chi connectivity index (χ0v) is 16.6. The summed E-state index contributed by atoms with van der Waals surface area (Å²) in [4.78, 5) is 36.9. The summed E-state index contributed by atoms with van der Waals surface area (Å²) in [6, 6.07) is 0. The number of hydrogen-bond donors (Lipinski definition) is 2. The van der Waals surface area contributed by atoms with Gasteiger partial charge in [0.15, 0.2) is 0 Å². The number of Topliss-reactive ketones (excluding diaryl/α,β-unsaturated/α-hetero) is 2. The number of carbonyl (C=O) groups is 3. The first-order valence-electron chi connectivity index (χ1n) is 8.68. The molecular formula is C19H35NO4. The lowest BCUT2D eigenvalue weighted by Gasteiger charge is -2.40. The van der Waals surface area contributed by atoms with Crippen LogP contribution in [0.15, 0.2) is 0 Å². The number of aliphatic hydroxyl groups is 1. The standard InChI is InChI=1S/C19H35NO4/c1-9-18(7,16(24)20-10-13(2)21)12-19(8,15(4)23)11-17(5,6)14(3)22/h13,21H,9-12H2,1-8H3,(H,20,24). The summed E-state index contributed by atoms with van der Waals surface area (Å²) < 4.78 is 0. The minimum Gasteiger partial charge on any atom is -0.392 e. The van der Waals surface area contributed by atoms with E-state index in [-0.39, 0.29) is 24.0 Å². The summed E-state index contributed by atoms with van der Waals surface area (Å²) in [5, 5.41) is 12.1. The molecule has 140 valence electrons. The van der Waals surface area contributed by atoms with Gasteiger partial charge in [0.05, 0.1) is 6.10 Å². The van der Waals surface area contributed by atoms with Crippen LogP contribution in [0.2, 0.25) is 0 Å². The number of amides is 1. The van der Waals surface area contributed by atoms with Crippen LogP contribution in [0.3, 0.4) is 0 Å². The molecule has 5 heteroatoms. The van der Waals surface area contributed by atoms with Crippen molar-refractivity contribution in [2.24, 2.45) is 16.2 Å². The molecule has 0 aromatic rings. The highest BCUT2D eigenvalue weighted by Crippen LogP contribution is 2.44. The Morgan fingerprint density at radius 3 is 1.79 bits per heavy atom. The van der Waals surface area contributed by atoms with Crippen LogP contribution in [0, 0.1) is 16.2 Å². The van der Waals surface area contributed by atoms with Crippen molar-refractivity contribution in [3.8, 4) is 0 Å². The molecule has 3 unspecified atom stereocenters. The highest BCUT2D eigenvalue weighted by Gasteiger charge is 2.45. The third-order valence-electron chi connectivity index (χ3n) is 5.30. The van der Waals surface area contributed by atoms with Gasteiger partial charge in [-0.1, -0.05) is 34.6 Å². The van der Waals surface area contributed by atoms with E-state index in [1.807, 2.05) is 34.6 Å². The first-order chi connectivity index (χ1) is 10.7. The number of aliphatic hydroxyl groups excluding tert-OH is 1. The molecule has 0 rings (SSSR count). The third kappa shape index (κ3) is 6.00. The van der Waals surface area contributed by atoms with E-state index in [9.17, 15) is 19.5 Å². The number of hydrogen-bond acceptors (Lipinski definition) is 4. The Morgan fingerprint density at radius 2 is 1.46 bits per heavy atom. The summed E-state index contributed by atoms with van der Waals surface area (Å²) in [6.07, 6.45) is 0.728. The molecule has 0 heterocycles. The van der Waals surface area contributed by atoms with Gasteiger partial charge in [-0.05, 0) is 40.0 Å². The predicted octanol–water partition coefficient (Wildman–Crippen LogP) is 2.89. The van der Waals surface area contributed by atoms with E-state index in [1.54, 1.807) is 6.92 Å². The van der Waals surface area contributed by atoms with Gasteiger partial charge >= 0.3 is 0 Å². The van der Waals surface area contributed by atoms with Gasteiger partial charge in [-0.15, -0.1) is 0 Å². The molecule has 0 aliphatic carbocycles. The average molecular weight is 341 g/mol. The lowest BCUT2D eigenvalue weighted by molar-refractivity contribution is -0.138. The van der Waals surface area contributed by atoms with Crippen LogP contribution >= 0.6 is 0 Å². The van der Waals surface area contributed by atoms with Crippen LogP contribution in [0.4, 0.5) is 0 Å². The lowest BCUT2D eigenvalue weighted by atomic mass is 9.62. The third-order valence-corrected chi connectivity index (χ3v) is 5.30. The topological polar surface area (TPSA) is 83.5 Å². The smallest absolute Gasteiger partial charge is 0.226 e. The Morgan fingerprint density at radius 1 is 0.958 bits per heavy atom. The van der Waals surface area contributed by atoms with E-state index in [4.69, 9.17) is 0 Å². The normalized spacial score (nSPS) is 18.2. The monoisotopic (exact) mass is 341 g/mol. The highest BCUT2D eigenvalue weighted by atomic mass is 16.3. The van der Waals surface area contributed by atoms with Crippen molar-refractivity contribution in [2.45, 2.75) is 80.8 Å². The van der Waals surface area contributed by atoms with Crippen LogP contribution in [0.25, 0.3) is 0 Å². The highest BCUT2D eigenvalue weighted by molar-refractivity contribution is 5.87. The summed E-state index contributed by atoms with van der Waals surface area (Å²) >= 11 is 0. The fraction of sp³-hybridized carbons (Fsp3) is 0.842. The minimum atomic E-state index is -0.762. The van der Waals surface area contributed by atoms with E-state index in [0.29, 0.717) is 19.3 Å². The van der Waals surface area contributed by atoms with Gasteiger partial charge in [-0.25, -0.2) is 0 Å². The molecule has 0 radical (unpaired) electrons. The Bertz CT molecular complexity index is 484. The molecule has 0 saturated heterocycles. The molecule has 0 spiro atoms. The van der Waals surface area contributed by atoms with Crippen LogP contribution in [0.1, 0.15) is 74.7 Å². The molecule has 1 amide bonds. The maximum absolute atomic E-state index is 12.6. The van der Waals surface area contributed by atoms with E-state index < -0.39 is 22.3 Å². The summed E-state index contributed by atoms with van der Waals surface area (Å²) in [7, 11) is 0. The van der Waals surface area contributed by atoms with E-state index in [2.05, 4.69) is 5.32 Å². The second-order valence-electron chi connectivity index (χ2n) is 8.38. The molecule has 0 aromatic heterocycles. The van der Waals surface area contributed by atoms with Gasteiger partial charge in [-0.2, -0.15) is 0 Å². The molecule has 24 heavy (non-hydrogen) atoms. The maximum atomic E-state index is 12.6. The van der Waals surface area contributed by atoms with Crippen LogP contribution in [0.5, 0.6) is 0 Å². The average Bonchev–Trinajstić information content (AvgIpc) is 2.43. The maximum Gasteiger partial charge on any atom is 0.226 e. The Labute approximate surface area is 146 Å². The first kappa shape index (κ1) is 22.8. The van der Waals surface area contributed by atoms with Crippen molar-refractivity contribution in [2.75, 3.05) is 6.54 Å². The number of nitrogens with one attached hydrogen (secondary N) is 1. The second-order valence-corrected chi connectivity index (χ2v) is 8.38. The van der Waals surface area contributed by atoms with E-state index >= 15 is 0 Å². The minimum absolute atomic E-state index is 0.0140. The van der Waals surface area contributed by atoms with Crippen molar-refractivity contribution in [1.82, 2.24) is 5.32 Å². The molecule has 0 fully saturated rings. The SMILES string of the molecule is CCC(C)(CC(C)(CC(C)(C)C(C)=O)C(C)=O)C(=O)NCC(C)O. The van der Waals surface area contributed by atoms with Gasteiger partial charge in [0, 0.05) is 22.8 Å². The summed E-state index contributed by atoms with van der Waals surface area (Å²) in [6.45, 7) is 14.1. The first-order valence-corrected chi connectivity index (χ1v) is 8.68. The van der Waals surface area contributed by atoms with Gasteiger partial charge < -0.3 is 10.4 Å². The van der Waals surface area contributed by atoms with Crippen molar-refractivity contribution in [3.05, 3.63) is 0 Å². The zero-order chi connectivity index (χ0) is 19.3. The van der Waals surface area contributed by atoms with E-state index in [0.717, 1.165) is 0 Å². The van der Waals surface area contributed by atoms with Gasteiger partial charge in [0.25, 0.3) is 0 Å². The van der Waals surface area contributed by atoms with E-state index in [1.165, 1.54) is 13.8 Å². The molecule has 0 bridgehead atoms. The fourth-order valence-electron chi connectivity index (χ4n) is 3.09. The predicted molar refractivity (Wildman–Crippen MR) is 95.6 cm³/mol. The summed E-state index contributed by atoms with van der Waals surface area (Å²) in [5.41, 5.74) is -2.12. The molecule has 3 atom stereocenters. The molecular weight excluding hydrogens is 306 g/mol. The molecule has 2 N–H and O–H groups in total. The van der Waals surface area contributed by atoms with Crippen molar-refractivity contribution in [3.63, 3.8) is 0 Å². The Hall–Kier alpha value is -1.23. The molecule has 5 nitrogen and oxygen atoms in total. The van der Waals surface area contributed by atoms with Crippen LogP contribution in [-0.4, -0.2) is 35.2 Å². The van der Waals surface area contributed by atoms with Crippen molar-refractivity contribution < 1.29 is 19.5 Å². The van der Waals surface area contributed by atoms with Crippen molar-refractivity contribution in [1.29, 1.82) is 0 Å². The van der Waals surface area contributed by atoms with Crippen LogP contribution < -0.4 is 5.32 Å². The number of rotatable bonds is 10. The number of ketones is 2. The molecule has 0 aromatic carbocycles. The van der Waals surface area contributed by atoms with Gasteiger partial charge in [0.1, 0.15) is 11.6 Å². The second kappa shape index (κ2) is 8.24. The number of carbonyl (C=O) groups excluding carboxylic acids is 3. The quantitative estimate of drug-likeness (QED) is 0.640. The Kier molecular flexibility index (Phi) is 7.81. The molecule has 0 aliphatic rings. The van der Waals surface area contributed by atoms with Gasteiger partial charge in [-0.3, -0.25) is 14.4 Å². The molecule has 0 saturated carbocycles. The van der Waals surface area contributed by atoms with Crippen molar-refractivity contribution >= 4 is 17.5 Å². The van der Waals surface area contributed by atoms with Crippen LogP contribution in [-0.2, 0) is 14.4 Å². The van der Waals surface area contributed by atoms with Gasteiger partial charge in [0.2, 0.25) is 5.91 Å². The largest absolute Gasteiger partial charge is 0.392 e. The Balaban J connectivity index is 5.49. The lowest BCUT2D eigenvalue weighted by Crippen LogP contribution is -2.46.